The highest BCUT2D eigenvalue weighted by molar-refractivity contribution is 5.83. The van der Waals surface area contributed by atoms with Crippen molar-refractivity contribution in [1.29, 1.82) is 0 Å². The molecule has 1 aromatic carbocycles. The minimum absolute atomic E-state index is 0.0194. The molecule has 1 aliphatic heterocycles. The minimum Gasteiger partial charge on any atom is -0.508 e. The number of aromatic nitrogens is 3. The fraction of sp³-hybridized carbons (Fsp3) is 0.429. The molecule has 4 N–H and O–H groups in total. The van der Waals surface area contributed by atoms with Crippen molar-refractivity contribution in [3.8, 4) is 5.75 Å². The Morgan fingerprint density at radius 1 is 1.19 bits per heavy atom. The maximum absolute atomic E-state index is 12.4. The summed E-state index contributed by atoms with van der Waals surface area (Å²) in [5, 5.41) is 22.2. The molecule has 0 saturated carbocycles. The van der Waals surface area contributed by atoms with Gasteiger partial charge in [0.1, 0.15) is 5.75 Å². The Morgan fingerprint density at radius 2 is 2.04 bits per heavy atom. The van der Waals surface area contributed by atoms with E-state index in [1.54, 1.807) is 6.07 Å². The first-order chi connectivity index (χ1) is 13.2. The third kappa shape index (κ3) is 2.84. The maximum Gasteiger partial charge on any atom is 0.253 e. The fourth-order valence-electron chi connectivity index (χ4n) is 4.89. The van der Waals surface area contributed by atoms with Crippen LogP contribution in [0.15, 0.2) is 29.1 Å². The molecular formula is C21H24N4O2. The Labute approximate surface area is 157 Å². The molecular weight excluding hydrogens is 340 g/mol. The number of pyridine rings is 1. The van der Waals surface area contributed by atoms with Gasteiger partial charge in [-0.15, -0.1) is 0 Å². The second kappa shape index (κ2) is 6.53. The van der Waals surface area contributed by atoms with Gasteiger partial charge in [-0.3, -0.25) is 9.89 Å². The van der Waals surface area contributed by atoms with Crippen LogP contribution in [-0.2, 0) is 19.3 Å². The molecule has 27 heavy (non-hydrogen) atoms. The molecule has 2 aliphatic rings. The molecule has 2 atom stereocenters. The summed E-state index contributed by atoms with van der Waals surface area (Å²) in [6.07, 6.45) is 5.99. The summed E-state index contributed by atoms with van der Waals surface area (Å²) >= 11 is 0. The highest BCUT2D eigenvalue weighted by Crippen LogP contribution is 2.37. The van der Waals surface area contributed by atoms with E-state index in [1.807, 2.05) is 12.1 Å². The molecule has 6 nitrogen and oxygen atoms in total. The van der Waals surface area contributed by atoms with E-state index in [0.717, 1.165) is 67.3 Å². The van der Waals surface area contributed by atoms with Gasteiger partial charge in [-0.2, -0.15) is 5.10 Å². The number of fused-ring (bicyclic) bond motifs is 3. The molecule has 6 heteroatoms. The Bertz CT molecular complexity index is 1050. The Hall–Kier alpha value is -2.60. The van der Waals surface area contributed by atoms with Gasteiger partial charge in [0.2, 0.25) is 0 Å². The largest absolute Gasteiger partial charge is 0.508 e. The molecule has 0 amide bonds. The van der Waals surface area contributed by atoms with E-state index in [0.29, 0.717) is 17.3 Å². The number of aromatic amines is 2. The average Bonchev–Trinajstić information content (AvgIpc) is 3.28. The Balaban J connectivity index is 1.55. The number of phenols is 1. The van der Waals surface area contributed by atoms with Crippen LogP contribution in [0.1, 0.15) is 47.7 Å². The number of hydrogen-bond donors (Lipinski definition) is 4. The predicted molar refractivity (Wildman–Crippen MR) is 104 cm³/mol. The second-order valence-electron chi connectivity index (χ2n) is 7.83. The van der Waals surface area contributed by atoms with Gasteiger partial charge in [0.05, 0.1) is 11.7 Å². The summed E-state index contributed by atoms with van der Waals surface area (Å²) in [6.45, 7) is 0.959. The lowest BCUT2D eigenvalue weighted by Gasteiger charge is -2.21. The zero-order chi connectivity index (χ0) is 18.4. The van der Waals surface area contributed by atoms with Crippen LogP contribution in [0, 0.1) is 5.92 Å². The fourth-order valence-corrected chi connectivity index (χ4v) is 4.89. The number of benzene rings is 1. The molecule has 0 spiro atoms. The molecule has 1 aliphatic carbocycles. The van der Waals surface area contributed by atoms with E-state index < -0.39 is 0 Å². The zero-order valence-corrected chi connectivity index (χ0v) is 15.2. The van der Waals surface area contributed by atoms with Crippen LogP contribution in [-0.4, -0.2) is 26.8 Å². The third-order valence-electron chi connectivity index (χ3n) is 6.14. The predicted octanol–water partition coefficient (Wildman–Crippen LogP) is 2.73. The van der Waals surface area contributed by atoms with Crippen LogP contribution in [0.2, 0.25) is 0 Å². The zero-order valence-electron chi connectivity index (χ0n) is 15.2. The summed E-state index contributed by atoms with van der Waals surface area (Å²) in [5.41, 5.74) is 5.08. The van der Waals surface area contributed by atoms with Crippen LogP contribution < -0.4 is 10.9 Å². The number of nitrogens with one attached hydrogen (secondary N) is 3. The quantitative estimate of drug-likeness (QED) is 0.575. The van der Waals surface area contributed by atoms with Crippen LogP contribution in [0.3, 0.4) is 0 Å². The topological polar surface area (TPSA) is 93.8 Å². The first kappa shape index (κ1) is 16.6. The lowest BCUT2D eigenvalue weighted by molar-refractivity contribution is 0.448. The summed E-state index contributed by atoms with van der Waals surface area (Å²) in [5.74, 6) is 0.732. The maximum atomic E-state index is 12.4. The lowest BCUT2D eigenvalue weighted by Crippen LogP contribution is -2.22. The van der Waals surface area contributed by atoms with Crippen LogP contribution in [0.5, 0.6) is 5.75 Å². The monoisotopic (exact) mass is 364 g/mol. The van der Waals surface area contributed by atoms with E-state index >= 15 is 0 Å². The number of H-pyrrole nitrogens is 2. The molecule has 2 unspecified atom stereocenters. The number of nitrogens with zero attached hydrogens (tertiary/aromatic N) is 1. The van der Waals surface area contributed by atoms with E-state index in [2.05, 4.69) is 26.6 Å². The van der Waals surface area contributed by atoms with Gasteiger partial charge >= 0.3 is 0 Å². The van der Waals surface area contributed by atoms with Crippen LogP contribution in [0.25, 0.3) is 11.0 Å². The van der Waals surface area contributed by atoms with Gasteiger partial charge in [-0.25, -0.2) is 0 Å². The number of hydrogen-bond acceptors (Lipinski definition) is 4. The highest BCUT2D eigenvalue weighted by atomic mass is 16.3. The first-order valence-electron chi connectivity index (χ1n) is 9.84. The molecule has 1 saturated heterocycles. The van der Waals surface area contributed by atoms with Crippen LogP contribution >= 0.6 is 0 Å². The van der Waals surface area contributed by atoms with Crippen molar-refractivity contribution in [2.45, 2.75) is 44.6 Å². The van der Waals surface area contributed by atoms with Gasteiger partial charge in [0, 0.05) is 10.9 Å². The molecule has 5 rings (SSSR count). The molecule has 3 heterocycles. The molecule has 0 radical (unpaired) electrons. The van der Waals surface area contributed by atoms with Crippen molar-refractivity contribution < 1.29 is 5.11 Å². The van der Waals surface area contributed by atoms with Crippen molar-refractivity contribution in [2.75, 3.05) is 6.54 Å². The van der Waals surface area contributed by atoms with E-state index in [-0.39, 0.29) is 11.6 Å². The second-order valence-corrected chi connectivity index (χ2v) is 7.83. The normalized spacial score (nSPS) is 22.2. The van der Waals surface area contributed by atoms with Crippen molar-refractivity contribution in [1.82, 2.24) is 20.5 Å². The van der Waals surface area contributed by atoms with E-state index in [1.165, 1.54) is 5.56 Å². The lowest BCUT2D eigenvalue weighted by atomic mass is 9.86. The summed E-state index contributed by atoms with van der Waals surface area (Å²) in [6, 6.07) is 7.70. The highest BCUT2D eigenvalue weighted by Gasteiger charge is 2.32. The summed E-state index contributed by atoms with van der Waals surface area (Å²) < 4.78 is 0. The molecule has 2 aromatic heterocycles. The van der Waals surface area contributed by atoms with Crippen molar-refractivity contribution >= 4 is 11.0 Å². The summed E-state index contributed by atoms with van der Waals surface area (Å²) in [4.78, 5) is 15.4. The number of phenolic OH excluding ortho intramolecular Hbond substituents is 1. The molecule has 3 aromatic rings. The number of aromatic hydroxyl groups is 1. The van der Waals surface area contributed by atoms with E-state index in [9.17, 15) is 9.90 Å². The van der Waals surface area contributed by atoms with Gasteiger partial charge in [-0.05, 0) is 74.2 Å². The number of rotatable bonds is 3. The smallest absolute Gasteiger partial charge is 0.253 e. The van der Waals surface area contributed by atoms with Crippen molar-refractivity contribution in [2.24, 2.45) is 5.92 Å². The van der Waals surface area contributed by atoms with Crippen LogP contribution in [0.4, 0.5) is 0 Å². The molecule has 1 fully saturated rings. The first-order valence-corrected chi connectivity index (χ1v) is 9.84. The minimum atomic E-state index is 0.0194. The van der Waals surface area contributed by atoms with Gasteiger partial charge in [0.15, 0.2) is 5.65 Å². The SMILES string of the molecule is O=c1[nH]c2n[nH]c(C3NCCC3Cc3cccc(O)c3)c2c2c1CCCC2. The third-order valence-corrected chi connectivity index (χ3v) is 6.14. The summed E-state index contributed by atoms with van der Waals surface area (Å²) in [7, 11) is 0. The molecule has 0 bridgehead atoms. The van der Waals surface area contributed by atoms with Gasteiger partial charge in [0.25, 0.3) is 5.56 Å². The molecule has 140 valence electrons. The average molecular weight is 364 g/mol. The Morgan fingerprint density at radius 3 is 2.89 bits per heavy atom. The number of aryl methyl sites for hydroxylation is 1. The van der Waals surface area contributed by atoms with Gasteiger partial charge in [-0.1, -0.05) is 12.1 Å². The van der Waals surface area contributed by atoms with E-state index in [4.69, 9.17) is 0 Å². The van der Waals surface area contributed by atoms with Gasteiger partial charge < -0.3 is 15.4 Å². The Kier molecular flexibility index (Phi) is 4.01. The standard InChI is InChI=1S/C21H24N4O2/c26-14-5-3-4-12(11-14)10-13-8-9-22-18(13)19-17-15-6-1-2-7-16(15)21(27)23-20(17)25-24-19/h3-5,11,13,18,22,26H,1-2,6-10H2,(H2,23,24,25,27). The van der Waals surface area contributed by atoms with Crippen molar-refractivity contribution in [3.05, 3.63) is 57.0 Å². The van der Waals surface area contributed by atoms with Crippen molar-refractivity contribution in [3.63, 3.8) is 0 Å².